The highest BCUT2D eigenvalue weighted by Gasteiger charge is 2.39. The van der Waals surface area contributed by atoms with Crippen LogP contribution in [0.5, 0.6) is 0 Å². The van der Waals surface area contributed by atoms with Crippen LogP contribution in [0.4, 0.5) is 6.01 Å². The zero-order valence-electron chi connectivity index (χ0n) is 11.5. The molecule has 7 nitrogen and oxygen atoms in total. The standard InChI is InChI=1S/C12H21N3O4/c1-3-18-12(4-7-17-8-5-12)10-14-11(19-15-10)13-6-9-16-2/h3-9H2,1-2H3,(H,13,14,15). The van der Waals surface area contributed by atoms with Gasteiger partial charge in [-0.1, -0.05) is 5.16 Å². The van der Waals surface area contributed by atoms with Crippen LogP contribution in [-0.4, -0.2) is 50.2 Å². The van der Waals surface area contributed by atoms with E-state index in [0.717, 1.165) is 12.8 Å². The van der Waals surface area contributed by atoms with Gasteiger partial charge in [-0.25, -0.2) is 0 Å². The molecule has 1 N–H and O–H groups in total. The molecule has 1 saturated heterocycles. The van der Waals surface area contributed by atoms with Gasteiger partial charge >= 0.3 is 6.01 Å². The first kappa shape index (κ1) is 14.2. The highest BCUT2D eigenvalue weighted by Crippen LogP contribution is 2.34. The number of aromatic nitrogens is 2. The summed E-state index contributed by atoms with van der Waals surface area (Å²) in [6, 6.07) is 0.401. The molecule has 2 heterocycles. The first-order chi connectivity index (χ1) is 9.30. The van der Waals surface area contributed by atoms with Crippen molar-refractivity contribution >= 4 is 6.01 Å². The summed E-state index contributed by atoms with van der Waals surface area (Å²) in [4.78, 5) is 4.37. The molecular weight excluding hydrogens is 250 g/mol. The van der Waals surface area contributed by atoms with Crippen molar-refractivity contribution in [3.8, 4) is 0 Å². The van der Waals surface area contributed by atoms with Gasteiger partial charge in [-0.3, -0.25) is 0 Å². The lowest BCUT2D eigenvalue weighted by Gasteiger charge is -2.33. The highest BCUT2D eigenvalue weighted by atomic mass is 16.5. The molecule has 7 heteroatoms. The summed E-state index contributed by atoms with van der Waals surface area (Å²) in [5.74, 6) is 0.595. The third-order valence-electron chi connectivity index (χ3n) is 3.14. The monoisotopic (exact) mass is 271 g/mol. The Kier molecular flexibility index (Phi) is 5.12. The van der Waals surface area contributed by atoms with Crippen molar-refractivity contribution in [1.29, 1.82) is 0 Å². The summed E-state index contributed by atoms with van der Waals surface area (Å²) >= 11 is 0. The molecule has 0 spiro atoms. The highest BCUT2D eigenvalue weighted by molar-refractivity contribution is 5.20. The first-order valence-corrected chi connectivity index (χ1v) is 6.59. The predicted molar refractivity (Wildman–Crippen MR) is 68.0 cm³/mol. The minimum atomic E-state index is -0.475. The second-order valence-electron chi connectivity index (χ2n) is 4.38. The largest absolute Gasteiger partial charge is 0.383 e. The number of rotatable bonds is 7. The van der Waals surface area contributed by atoms with Crippen molar-refractivity contribution < 1.29 is 18.7 Å². The van der Waals surface area contributed by atoms with E-state index < -0.39 is 5.60 Å². The van der Waals surface area contributed by atoms with E-state index in [2.05, 4.69) is 15.5 Å². The fourth-order valence-corrected chi connectivity index (χ4v) is 2.15. The second kappa shape index (κ2) is 6.83. The van der Waals surface area contributed by atoms with E-state index in [1.165, 1.54) is 0 Å². The fourth-order valence-electron chi connectivity index (χ4n) is 2.15. The van der Waals surface area contributed by atoms with Gasteiger partial charge < -0.3 is 24.1 Å². The summed E-state index contributed by atoms with van der Waals surface area (Å²) < 4.78 is 21.4. The number of methoxy groups -OCH3 is 1. The number of hydrogen-bond donors (Lipinski definition) is 1. The molecule has 1 aromatic rings. The van der Waals surface area contributed by atoms with E-state index in [1.54, 1.807) is 7.11 Å². The number of hydrogen-bond acceptors (Lipinski definition) is 7. The van der Waals surface area contributed by atoms with Crippen LogP contribution < -0.4 is 5.32 Å². The van der Waals surface area contributed by atoms with Crippen LogP contribution in [0.2, 0.25) is 0 Å². The van der Waals surface area contributed by atoms with Crippen LogP contribution in [0, 0.1) is 0 Å². The Morgan fingerprint density at radius 3 is 2.84 bits per heavy atom. The van der Waals surface area contributed by atoms with Crippen LogP contribution in [0.1, 0.15) is 25.6 Å². The molecule has 0 aliphatic carbocycles. The van der Waals surface area contributed by atoms with Crippen molar-refractivity contribution in [2.24, 2.45) is 0 Å². The lowest BCUT2D eigenvalue weighted by Crippen LogP contribution is -2.37. The van der Waals surface area contributed by atoms with E-state index in [1.807, 2.05) is 6.92 Å². The fraction of sp³-hybridized carbons (Fsp3) is 0.833. The Morgan fingerprint density at radius 1 is 1.37 bits per heavy atom. The Balaban J connectivity index is 2.04. The van der Waals surface area contributed by atoms with Crippen LogP contribution in [0.15, 0.2) is 4.52 Å². The molecule has 0 radical (unpaired) electrons. The third-order valence-corrected chi connectivity index (χ3v) is 3.14. The topological polar surface area (TPSA) is 78.6 Å². The molecular formula is C12H21N3O4. The van der Waals surface area contributed by atoms with Crippen LogP contribution >= 0.6 is 0 Å². The van der Waals surface area contributed by atoms with Gasteiger partial charge in [-0.15, -0.1) is 0 Å². The number of anilines is 1. The smallest absolute Gasteiger partial charge is 0.321 e. The maximum atomic E-state index is 5.88. The van der Waals surface area contributed by atoms with Crippen molar-refractivity contribution in [1.82, 2.24) is 10.1 Å². The number of nitrogens with one attached hydrogen (secondary N) is 1. The summed E-state index contributed by atoms with van der Waals surface area (Å²) in [5.41, 5.74) is -0.475. The average Bonchev–Trinajstić information content (AvgIpc) is 2.90. The molecule has 0 atom stereocenters. The summed E-state index contributed by atoms with van der Waals surface area (Å²) in [6.07, 6.45) is 1.50. The van der Waals surface area contributed by atoms with Gasteiger partial charge in [-0.05, 0) is 6.92 Å². The van der Waals surface area contributed by atoms with Crippen LogP contribution in [0.25, 0.3) is 0 Å². The number of ether oxygens (including phenoxy) is 3. The van der Waals surface area contributed by atoms with Gasteiger partial charge in [0, 0.05) is 46.3 Å². The minimum absolute atomic E-state index is 0.401. The second-order valence-corrected chi connectivity index (χ2v) is 4.38. The minimum Gasteiger partial charge on any atom is -0.383 e. The lowest BCUT2D eigenvalue weighted by atomic mass is 9.93. The van der Waals surface area contributed by atoms with Gasteiger partial charge in [0.25, 0.3) is 0 Å². The van der Waals surface area contributed by atoms with Gasteiger partial charge in [0.05, 0.1) is 6.61 Å². The van der Waals surface area contributed by atoms with Gasteiger partial charge in [-0.2, -0.15) is 4.98 Å². The van der Waals surface area contributed by atoms with E-state index in [9.17, 15) is 0 Å². The Morgan fingerprint density at radius 2 is 2.16 bits per heavy atom. The van der Waals surface area contributed by atoms with Crippen molar-refractivity contribution in [3.05, 3.63) is 5.82 Å². The molecule has 0 aromatic carbocycles. The van der Waals surface area contributed by atoms with E-state index in [0.29, 0.717) is 44.8 Å². The van der Waals surface area contributed by atoms with Gasteiger partial charge in [0.1, 0.15) is 5.60 Å². The molecule has 1 aliphatic rings. The van der Waals surface area contributed by atoms with E-state index in [-0.39, 0.29) is 0 Å². The summed E-state index contributed by atoms with van der Waals surface area (Å²) in [5, 5.41) is 7.05. The first-order valence-electron chi connectivity index (χ1n) is 6.59. The van der Waals surface area contributed by atoms with Crippen molar-refractivity contribution in [3.63, 3.8) is 0 Å². The molecule has 0 unspecified atom stereocenters. The molecule has 108 valence electrons. The summed E-state index contributed by atoms with van der Waals surface area (Å²) in [6.45, 7) is 5.10. The normalized spacial score (nSPS) is 18.4. The van der Waals surface area contributed by atoms with Crippen LogP contribution in [-0.2, 0) is 19.8 Å². The maximum Gasteiger partial charge on any atom is 0.321 e. The molecule has 1 fully saturated rings. The molecule has 1 aromatic heterocycles. The SMILES string of the molecule is CCOC1(c2noc(NCCOC)n2)CCOCC1. The lowest BCUT2D eigenvalue weighted by molar-refractivity contribution is -0.118. The van der Waals surface area contributed by atoms with Gasteiger partial charge in [0.15, 0.2) is 0 Å². The van der Waals surface area contributed by atoms with Crippen LogP contribution in [0.3, 0.4) is 0 Å². The molecule has 1 aliphatic heterocycles. The zero-order valence-corrected chi connectivity index (χ0v) is 11.5. The van der Waals surface area contributed by atoms with Crippen molar-refractivity contribution in [2.75, 3.05) is 45.4 Å². The molecule has 2 rings (SSSR count). The van der Waals surface area contributed by atoms with Gasteiger partial charge in [0.2, 0.25) is 5.82 Å². The maximum absolute atomic E-state index is 5.88. The molecule has 0 amide bonds. The van der Waals surface area contributed by atoms with E-state index in [4.69, 9.17) is 18.7 Å². The quantitative estimate of drug-likeness (QED) is 0.746. The predicted octanol–water partition coefficient (Wildman–Crippen LogP) is 1.17. The molecule has 0 bridgehead atoms. The molecule has 0 saturated carbocycles. The summed E-state index contributed by atoms with van der Waals surface area (Å²) in [7, 11) is 1.65. The third kappa shape index (κ3) is 3.43. The molecule has 19 heavy (non-hydrogen) atoms. The zero-order chi connectivity index (χ0) is 13.6. The Hall–Kier alpha value is -1.18. The van der Waals surface area contributed by atoms with E-state index >= 15 is 0 Å². The number of nitrogens with zero attached hydrogens (tertiary/aromatic N) is 2. The van der Waals surface area contributed by atoms with Crippen molar-refractivity contribution in [2.45, 2.75) is 25.4 Å². The Bertz CT molecular complexity index is 371. The average molecular weight is 271 g/mol. The Labute approximate surface area is 112 Å².